The molecule has 2 aromatic heterocycles. The highest BCUT2D eigenvalue weighted by molar-refractivity contribution is 6.14. The smallest absolute Gasteiger partial charge is 0.216 e. The molecule has 0 aliphatic heterocycles. The van der Waals surface area contributed by atoms with Crippen LogP contribution in [0.3, 0.4) is 0 Å². The molecule has 0 amide bonds. The molecule has 3 aromatic carbocycles. The average Bonchev–Trinajstić information content (AvgIpc) is 3.33. The van der Waals surface area contributed by atoms with E-state index in [9.17, 15) is 5.26 Å². The monoisotopic (exact) mass is 541 g/mol. The Balaban J connectivity index is 1.45. The zero-order chi connectivity index (χ0) is 29.1. The van der Waals surface area contributed by atoms with Gasteiger partial charge in [0.25, 0.3) is 0 Å². The Kier molecular flexibility index (Phi) is 6.77. The SMILES string of the molecule is Cc1cc(-c2c(C)ccc3c2oc2c(-c4ccc(C5CCC(C(C)(C)C)CC5)cc4)c(C#N)ccc23)[n+](C)cc1C. The Morgan fingerprint density at radius 2 is 1.41 bits per heavy atom. The first-order valence-corrected chi connectivity index (χ1v) is 15.0. The molecule has 0 saturated heterocycles. The molecule has 0 radical (unpaired) electrons. The Bertz CT molecular complexity index is 1820. The fraction of sp³-hybridized carbons (Fsp3) is 0.368. The lowest BCUT2D eigenvalue weighted by Gasteiger charge is -2.37. The average molecular weight is 542 g/mol. The first-order valence-electron chi connectivity index (χ1n) is 15.0. The Hall–Kier alpha value is -3.90. The molecule has 0 atom stereocenters. The topological polar surface area (TPSA) is 40.8 Å². The van der Waals surface area contributed by atoms with Crippen LogP contribution in [0, 0.1) is 43.4 Å². The Labute approximate surface area is 244 Å². The van der Waals surface area contributed by atoms with E-state index in [1.54, 1.807) is 0 Å². The minimum atomic E-state index is 0.391. The number of rotatable bonds is 3. The second-order valence-corrected chi connectivity index (χ2v) is 13.4. The van der Waals surface area contributed by atoms with E-state index in [1.165, 1.54) is 47.9 Å². The molecule has 1 aliphatic carbocycles. The zero-order valence-corrected chi connectivity index (χ0v) is 25.6. The van der Waals surface area contributed by atoms with Gasteiger partial charge in [-0.25, -0.2) is 4.57 Å². The molecule has 3 nitrogen and oxygen atoms in total. The van der Waals surface area contributed by atoms with Crippen molar-refractivity contribution in [2.24, 2.45) is 18.4 Å². The van der Waals surface area contributed by atoms with Crippen LogP contribution in [-0.2, 0) is 7.05 Å². The van der Waals surface area contributed by atoms with Crippen LogP contribution in [0.15, 0.2) is 65.2 Å². The van der Waals surface area contributed by atoms with E-state index < -0.39 is 0 Å². The lowest BCUT2D eigenvalue weighted by atomic mass is 9.68. The third kappa shape index (κ3) is 4.74. The van der Waals surface area contributed by atoms with Gasteiger partial charge in [0.15, 0.2) is 6.20 Å². The fourth-order valence-electron chi connectivity index (χ4n) is 7.05. The minimum Gasteiger partial charge on any atom is -0.454 e. The minimum absolute atomic E-state index is 0.391. The molecule has 0 spiro atoms. The van der Waals surface area contributed by atoms with Crippen molar-refractivity contribution >= 4 is 21.9 Å². The lowest BCUT2D eigenvalue weighted by Crippen LogP contribution is -2.31. The number of furan rings is 1. The van der Waals surface area contributed by atoms with Gasteiger partial charge in [0.2, 0.25) is 5.69 Å². The molecule has 41 heavy (non-hydrogen) atoms. The summed E-state index contributed by atoms with van der Waals surface area (Å²) < 4.78 is 8.98. The molecule has 3 heteroatoms. The quantitative estimate of drug-likeness (QED) is 0.213. The van der Waals surface area contributed by atoms with Gasteiger partial charge in [-0.3, -0.25) is 0 Å². The number of aryl methyl sites for hydroxylation is 4. The summed E-state index contributed by atoms with van der Waals surface area (Å²) in [5.41, 5.74) is 12.0. The number of nitriles is 1. The van der Waals surface area contributed by atoms with Gasteiger partial charge in [-0.15, -0.1) is 0 Å². The number of aromatic nitrogens is 1. The van der Waals surface area contributed by atoms with Gasteiger partial charge in [0, 0.05) is 28.0 Å². The van der Waals surface area contributed by atoms with Crippen LogP contribution in [0.2, 0.25) is 0 Å². The molecule has 5 aromatic rings. The van der Waals surface area contributed by atoms with Crippen molar-refractivity contribution in [1.29, 1.82) is 5.26 Å². The highest BCUT2D eigenvalue weighted by Gasteiger charge is 2.30. The van der Waals surface area contributed by atoms with Gasteiger partial charge in [-0.2, -0.15) is 5.26 Å². The standard InChI is InChI=1S/C38H41N2O/c1-23-8-18-31-32-19-15-29(21-39)35(37(32)41-36(31)34(23)33-20-24(2)25(3)22-40(33)7)28-11-9-26(10-12-28)27-13-16-30(17-14-27)38(4,5)6/h8-12,15,18-20,22,27,30H,13-14,16-17H2,1-7H3/q+1. The number of hydrogen-bond donors (Lipinski definition) is 0. The van der Waals surface area contributed by atoms with Gasteiger partial charge in [-0.05, 0) is 98.1 Å². The van der Waals surface area contributed by atoms with Crippen molar-refractivity contribution in [3.05, 3.63) is 88.6 Å². The number of pyridine rings is 1. The predicted octanol–water partition coefficient (Wildman–Crippen LogP) is 9.86. The van der Waals surface area contributed by atoms with E-state index in [0.29, 0.717) is 16.9 Å². The molecule has 0 bridgehead atoms. The first-order chi connectivity index (χ1) is 19.6. The number of benzene rings is 3. The molecule has 2 heterocycles. The summed E-state index contributed by atoms with van der Waals surface area (Å²) >= 11 is 0. The summed E-state index contributed by atoms with van der Waals surface area (Å²) in [6, 6.07) is 22.0. The van der Waals surface area contributed by atoms with Gasteiger partial charge in [0.05, 0.1) is 17.2 Å². The summed E-state index contributed by atoms with van der Waals surface area (Å²) in [5.74, 6) is 1.42. The highest BCUT2D eigenvalue weighted by Crippen LogP contribution is 2.45. The van der Waals surface area contributed by atoms with Crippen molar-refractivity contribution in [2.75, 3.05) is 0 Å². The van der Waals surface area contributed by atoms with Crippen LogP contribution in [0.4, 0.5) is 0 Å². The molecule has 0 unspecified atom stereocenters. The van der Waals surface area contributed by atoms with E-state index in [4.69, 9.17) is 4.42 Å². The Morgan fingerprint density at radius 1 is 0.780 bits per heavy atom. The second kappa shape index (κ2) is 10.2. The third-order valence-electron chi connectivity index (χ3n) is 9.76. The maximum Gasteiger partial charge on any atom is 0.216 e. The predicted molar refractivity (Wildman–Crippen MR) is 169 cm³/mol. The fourth-order valence-corrected chi connectivity index (χ4v) is 7.05. The zero-order valence-electron chi connectivity index (χ0n) is 25.6. The van der Waals surface area contributed by atoms with Crippen LogP contribution in [0.25, 0.3) is 44.3 Å². The summed E-state index contributed by atoms with van der Waals surface area (Å²) in [5, 5.41) is 12.3. The maximum absolute atomic E-state index is 10.1. The van der Waals surface area contributed by atoms with Crippen LogP contribution < -0.4 is 4.57 Å². The summed E-state index contributed by atoms with van der Waals surface area (Å²) in [4.78, 5) is 0. The second-order valence-electron chi connectivity index (χ2n) is 13.4. The molecule has 208 valence electrons. The van der Waals surface area contributed by atoms with E-state index in [1.807, 2.05) is 12.1 Å². The summed E-state index contributed by atoms with van der Waals surface area (Å²) in [7, 11) is 2.10. The van der Waals surface area contributed by atoms with Crippen molar-refractivity contribution in [3.63, 3.8) is 0 Å². The van der Waals surface area contributed by atoms with E-state index in [0.717, 1.165) is 50.2 Å². The first kappa shape index (κ1) is 27.3. The summed E-state index contributed by atoms with van der Waals surface area (Å²) in [6.45, 7) is 13.6. The number of fused-ring (bicyclic) bond motifs is 3. The molecule has 0 N–H and O–H groups in total. The van der Waals surface area contributed by atoms with Crippen molar-refractivity contribution in [1.82, 2.24) is 0 Å². The molecule has 1 saturated carbocycles. The van der Waals surface area contributed by atoms with Gasteiger partial charge < -0.3 is 4.42 Å². The van der Waals surface area contributed by atoms with Gasteiger partial charge in [-0.1, -0.05) is 57.2 Å². The highest BCUT2D eigenvalue weighted by atomic mass is 16.3. The van der Waals surface area contributed by atoms with Crippen LogP contribution >= 0.6 is 0 Å². The van der Waals surface area contributed by atoms with Crippen molar-refractivity contribution in [3.8, 4) is 28.5 Å². The lowest BCUT2D eigenvalue weighted by molar-refractivity contribution is -0.660. The summed E-state index contributed by atoms with van der Waals surface area (Å²) in [6.07, 6.45) is 7.28. The normalized spacial score (nSPS) is 17.7. The number of hydrogen-bond acceptors (Lipinski definition) is 2. The van der Waals surface area contributed by atoms with E-state index in [2.05, 4.69) is 108 Å². The molecule has 6 rings (SSSR count). The van der Waals surface area contributed by atoms with E-state index >= 15 is 0 Å². The third-order valence-corrected chi connectivity index (χ3v) is 9.76. The molecule has 1 fully saturated rings. The number of nitrogens with zero attached hydrogens (tertiary/aromatic N) is 2. The van der Waals surface area contributed by atoms with Crippen molar-refractivity contribution in [2.45, 2.75) is 73.1 Å². The molecule has 1 aliphatic rings. The Morgan fingerprint density at radius 3 is 2.05 bits per heavy atom. The van der Waals surface area contributed by atoms with Gasteiger partial charge >= 0.3 is 0 Å². The largest absolute Gasteiger partial charge is 0.454 e. The van der Waals surface area contributed by atoms with Crippen LogP contribution in [-0.4, -0.2) is 0 Å². The van der Waals surface area contributed by atoms with Crippen LogP contribution in [0.5, 0.6) is 0 Å². The molecular formula is C38H41N2O+. The van der Waals surface area contributed by atoms with Crippen LogP contribution in [0.1, 0.15) is 80.2 Å². The van der Waals surface area contributed by atoms with Gasteiger partial charge in [0.1, 0.15) is 18.2 Å². The van der Waals surface area contributed by atoms with E-state index in [-0.39, 0.29) is 0 Å². The van der Waals surface area contributed by atoms with Crippen molar-refractivity contribution < 1.29 is 8.98 Å². The maximum atomic E-state index is 10.1. The molecular weight excluding hydrogens is 500 g/mol.